The molecule has 2 N–H and O–H groups in total. The maximum absolute atomic E-state index is 5.54. The molecule has 2 rings (SSSR count). The predicted octanol–water partition coefficient (Wildman–Crippen LogP) is 1.57. The second kappa shape index (κ2) is 3.71. The van der Waals surface area contributed by atoms with Gasteiger partial charge in [-0.25, -0.2) is 4.68 Å². The Morgan fingerprint density at radius 1 is 1.29 bits per heavy atom. The van der Waals surface area contributed by atoms with Gasteiger partial charge in [-0.1, -0.05) is 30.0 Å². The van der Waals surface area contributed by atoms with Gasteiger partial charge in [-0.3, -0.25) is 0 Å². The number of nitrogens with two attached hydrogens (primary N) is 1. The van der Waals surface area contributed by atoms with E-state index >= 15 is 0 Å². The van der Waals surface area contributed by atoms with Gasteiger partial charge in [0.25, 0.3) is 0 Å². The molecule has 0 bridgehead atoms. The Kier molecular flexibility index (Phi) is 2.41. The quantitative estimate of drug-likeness (QED) is 0.758. The van der Waals surface area contributed by atoms with Crippen LogP contribution in [-0.4, -0.2) is 21.0 Å². The summed E-state index contributed by atoms with van der Waals surface area (Å²) in [7, 11) is 0. The van der Waals surface area contributed by atoms with Crippen molar-refractivity contribution in [2.24, 2.45) is 0 Å². The topological polar surface area (TPSA) is 56.7 Å². The third-order valence-corrected chi connectivity index (χ3v) is 2.41. The predicted molar refractivity (Wildman–Crippen MR) is 57.6 cm³/mol. The Morgan fingerprint density at radius 3 is 2.64 bits per heavy atom. The molecule has 1 aromatic heterocycles. The average molecular weight is 206 g/mol. The van der Waals surface area contributed by atoms with E-state index in [-0.39, 0.29) is 0 Å². The molecule has 1 aromatic carbocycles. The number of thioether (sulfide) groups is 1. The maximum Gasteiger partial charge on any atom is 0.240 e. The van der Waals surface area contributed by atoms with Gasteiger partial charge in [-0.2, -0.15) is 4.98 Å². The number of hydrogen-bond donors (Lipinski definition) is 1. The summed E-state index contributed by atoms with van der Waals surface area (Å²) < 4.78 is 1.74. The van der Waals surface area contributed by atoms with E-state index in [1.165, 1.54) is 11.8 Å². The van der Waals surface area contributed by atoms with Crippen LogP contribution in [0.5, 0.6) is 0 Å². The molecule has 0 saturated carbocycles. The zero-order valence-electron chi connectivity index (χ0n) is 7.71. The third kappa shape index (κ3) is 1.58. The standard InChI is InChI=1S/C9H10N4S/c1-14-9-11-8(10)12-13(9)7-5-3-2-4-6-7/h2-6H,1H3,(H2,10,12). The van der Waals surface area contributed by atoms with Gasteiger partial charge in [-0.05, 0) is 18.4 Å². The van der Waals surface area contributed by atoms with Crippen LogP contribution in [-0.2, 0) is 0 Å². The van der Waals surface area contributed by atoms with Crippen molar-refractivity contribution in [3.63, 3.8) is 0 Å². The van der Waals surface area contributed by atoms with Crippen molar-refractivity contribution < 1.29 is 0 Å². The van der Waals surface area contributed by atoms with E-state index in [4.69, 9.17) is 5.73 Å². The summed E-state index contributed by atoms with van der Waals surface area (Å²) in [5.41, 5.74) is 6.51. The van der Waals surface area contributed by atoms with Crippen molar-refractivity contribution in [3.05, 3.63) is 30.3 Å². The highest BCUT2D eigenvalue weighted by Crippen LogP contribution is 2.17. The van der Waals surface area contributed by atoms with E-state index in [1.54, 1.807) is 4.68 Å². The summed E-state index contributed by atoms with van der Waals surface area (Å²) >= 11 is 1.52. The number of benzene rings is 1. The van der Waals surface area contributed by atoms with Gasteiger partial charge >= 0.3 is 0 Å². The highest BCUT2D eigenvalue weighted by molar-refractivity contribution is 7.98. The number of nitrogens with zero attached hydrogens (tertiary/aromatic N) is 3. The van der Waals surface area contributed by atoms with E-state index in [0.29, 0.717) is 5.95 Å². The fraction of sp³-hybridized carbons (Fsp3) is 0.111. The van der Waals surface area contributed by atoms with Crippen molar-refractivity contribution in [2.75, 3.05) is 12.0 Å². The molecule has 72 valence electrons. The van der Waals surface area contributed by atoms with Gasteiger partial charge in [-0.15, -0.1) is 5.10 Å². The Hall–Kier alpha value is -1.49. The molecule has 0 aliphatic heterocycles. The minimum absolute atomic E-state index is 0.304. The maximum atomic E-state index is 5.54. The monoisotopic (exact) mass is 206 g/mol. The largest absolute Gasteiger partial charge is 0.366 e. The molecule has 0 atom stereocenters. The Labute approximate surface area is 86.1 Å². The van der Waals surface area contributed by atoms with E-state index in [9.17, 15) is 0 Å². The first-order valence-corrected chi connectivity index (χ1v) is 5.35. The van der Waals surface area contributed by atoms with E-state index in [0.717, 1.165) is 10.8 Å². The Bertz CT molecular complexity index is 424. The molecule has 5 heteroatoms. The zero-order valence-corrected chi connectivity index (χ0v) is 8.53. The van der Waals surface area contributed by atoms with E-state index < -0.39 is 0 Å². The second-order valence-corrected chi connectivity index (χ2v) is 3.48. The van der Waals surface area contributed by atoms with Crippen molar-refractivity contribution in [1.82, 2.24) is 14.8 Å². The second-order valence-electron chi connectivity index (χ2n) is 2.70. The van der Waals surface area contributed by atoms with Gasteiger partial charge in [0, 0.05) is 0 Å². The fourth-order valence-corrected chi connectivity index (χ4v) is 1.69. The summed E-state index contributed by atoms with van der Waals surface area (Å²) in [5, 5.41) is 4.91. The minimum Gasteiger partial charge on any atom is -0.366 e. The summed E-state index contributed by atoms with van der Waals surface area (Å²) in [6, 6.07) is 9.80. The molecule has 0 amide bonds. The fourth-order valence-electron chi connectivity index (χ4n) is 1.18. The van der Waals surface area contributed by atoms with Crippen LogP contribution in [0, 0.1) is 0 Å². The summed E-state index contributed by atoms with van der Waals surface area (Å²) in [6.45, 7) is 0. The Morgan fingerprint density at radius 2 is 2.00 bits per heavy atom. The van der Waals surface area contributed by atoms with Gasteiger partial charge in [0.05, 0.1) is 5.69 Å². The minimum atomic E-state index is 0.304. The lowest BCUT2D eigenvalue weighted by molar-refractivity contribution is 0.788. The van der Waals surface area contributed by atoms with Crippen LogP contribution in [0.15, 0.2) is 35.5 Å². The van der Waals surface area contributed by atoms with Crippen LogP contribution in [0.3, 0.4) is 0 Å². The molecule has 0 aliphatic rings. The molecular formula is C9H10N4S. The lowest BCUT2D eigenvalue weighted by Crippen LogP contribution is -1.98. The normalized spacial score (nSPS) is 10.4. The summed E-state index contributed by atoms with van der Waals surface area (Å²) in [4.78, 5) is 4.10. The van der Waals surface area contributed by atoms with Crippen molar-refractivity contribution in [1.29, 1.82) is 0 Å². The highest BCUT2D eigenvalue weighted by Gasteiger charge is 2.07. The van der Waals surface area contributed by atoms with Gasteiger partial charge in [0.15, 0.2) is 5.16 Å². The molecule has 14 heavy (non-hydrogen) atoms. The number of nitrogen functional groups attached to an aromatic ring is 1. The van der Waals surface area contributed by atoms with Gasteiger partial charge < -0.3 is 5.73 Å². The van der Waals surface area contributed by atoms with Crippen LogP contribution in [0.2, 0.25) is 0 Å². The molecule has 0 saturated heterocycles. The SMILES string of the molecule is CSc1nc(N)nn1-c1ccccc1. The number of para-hydroxylation sites is 1. The lowest BCUT2D eigenvalue weighted by atomic mass is 10.3. The number of rotatable bonds is 2. The van der Waals surface area contributed by atoms with Crippen LogP contribution in [0.4, 0.5) is 5.95 Å². The van der Waals surface area contributed by atoms with Crippen molar-refractivity contribution in [3.8, 4) is 5.69 Å². The summed E-state index contributed by atoms with van der Waals surface area (Å²) in [5.74, 6) is 0.304. The van der Waals surface area contributed by atoms with E-state index in [1.807, 2.05) is 36.6 Å². The Balaban J connectivity index is 2.51. The van der Waals surface area contributed by atoms with Crippen LogP contribution in [0.25, 0.3) is 5.69 Å². The molecule has 2 aromatic rings. The molecule has 0 radical (unpaired) electrons. The third-order valence-electron chi connectivity index (χ3n) is 1.78. The van der Waals surface area contributed by atoms with Crippen molar-refractivity contribution in [2.45, 2.75) is 5.16 Å². The van der Waals surface area contributed by atoms with Crippen LogP contribution >= 0.6 is 11.8 Å². The number of hydrogen-bond acceptors (Lipinski definition) is 4. The molecular weight excluding hydrogens is 196 g/mol. The first kappa shape index (κ1) is 9.08. The smallest absolute Gasteiger partial charge is 0.240 e. The molecule has 0 spiro atoms. The molecule has 4 nitrogen and oxygen atoms in total. The number of aromatic nitrogens is 3. The number of anilines is 1. The van der Waals surface area contributed by atoms with Crippen LogP contribution in [0.1, 0.15) is 0 Å². The average Bonchev–Trinajstić information content (AvgIpc) is 2.61. The van der Waals surface area contributed by atoms with Crippen molar-refractivity contribution >= 4 is 17.7 Å². The van der Waals surface area contributed by atoms with Gasteiger partial charge in [0.2, 0.25) is 5.95 Å². The molecule has 0 unspecified atom stereocenters. The van der Waals surface area contributed by atoms with Crippen LogP contribution < -0.4 is 5.73 Å². The molecule has 0 fully saturated rings. The first-order valence-electron chi connectivity index (χ1n) is 4.13. The highest BCUT2D eigenvalue weighted by atomic mass is 32.2. The summed E-state index contributed by atoms with van der Waals surface area (Å²) in [6.07, 6.45) is 1.95. The molecule has 0 aliphatic carbocycles. The lowest BCUT2D eigenvalue weighted by Gasteiger charge is -2.01. The first-order chi connectivity index (χ1) is 6.81. The van der Waals surface area contributed by atoms with Gasteiger partial charge in [0.1, 0.15) is 0 Å². The molecule has 1 heterocycles. The van der Waals surface area contributed by atoms with E-state index in [2.05, 4.69) is 10.1 Å². The zero-order chi connectivity index (χ0) is 9.97.